The van der Waals surface area contributed by atoms with Crippen molar-refractivity contribution in [3.05, 3.63) is 64.7 Å². The minimum absolute atomic E-state index is 0.00668. The highest BCUT2D eigenvalue weighted by molar-refractivity contribution is 6.30. The zero-order valence-corrected chi connectivity index (χ0v) is 18.5. The van der Waals surface area contributed by atoms with Crippen LogP contribution in [0.1, 0.15) is 28.8 Å². The summed E-state index contributed by atoms with van der Waals surface area (Å²) in [5.74, 6) is 1.29. The Morgan fingerprint density at radius 1 is 1.10 bits per heavy atom. The summed E-state index contributed by atoms with van der Waals surface area (Å²) >= 11 is 5.97. The Bertz CT molecular complexity index is 952. The van der Waals surface area contributed by atoms with Crippen LogP contribution in [0.2, 0.25) is 5.02 Å². The maximum atomic E-state index is 12.5. The van der Waals surface area contributed by atoms with E-state index in [4.69, 9.17) is 21.1 Å². The average Bonchev–Trinajstić information content (AvgIpc) is 2.80. The van der Waals surface area contributed by atoms with Crippen LogP contribution in [0.25, 0.3) is 6.08 Å². The lowest BCUT2D eigenvalue weighted by molar-refractivity contribution is -0.127. The van der Waals surface area contributed by atoms with E-state index in [0.717, 1.165) is 18.4 Å². The van der Waals surface area contributed by atoms with Crippen LogP contribution in [0.4, 0.5) is 0 Å². The third kappa shape index (κ3) is 6.25. The molecule has 0 unspecified atom stereocenters. The Hall–Kier alpha value is -2.99. The number of piperidine rings is 1. The molecule has 164 valence electrons. The lowest BCUT2D eigenvalue weighted by Crippen LogP contribution is -2.41. The number of carbonyl (C=O) groups excluding carboxylic acids is 2. The monoisotopic (exact) mass is 442 g/mol. The molecule has 1 aliphatic heterocycles. The number of methoxy groups -OCH3 is 2. The van der Waals surface area contributed by atoms with E-state index in [0.29, 0.717) is 47.6 Å². The maximum absolute atomic E-state index is 12.5. The molecule has 7 heteroatoms. The first-order valence-electron chi connectivity index (χ1n) is 10.2. The van der Waals surface area contributed by atoms with Gasteiger partial charge in [0.1, 0.15) is 0 Å². The predicted molar refractivity (Wildman–Crippen MR) is 122 cm³/mol. The van der Waals surface area contributed by atoms with Crippen molar-refractivity contribution in [1.29, 1.82) is 0 Å². The summed E-state index contributed by atoms with van der Waals surface area (Å²) in [6.45, 7) is 1.93. The summed E-state index contributed by atoms with van der Waals surface area (Å²) in [5, 5.41) is 3.63. The van der Waals surface area contributed by atoms with Crippen LogP contribution in [-0.2, 0) is 4.79 Å². The molecule has 3 rings (SSSR count). The van der Waals surface area contributed by atoms with Crippen molar-refractivity contribution in [2.45, 2.75) is 12.8 Å². The van der Waals surface area contributed by atoms with E-state index in [2.05, 4.69) is 5.32 Å². The van der Waals surface area contributed by atoms with Gasteiger partial charge in [-0.3, -0.25) is 9.59 Å². The van der Waals surface area contributed by atoms with Crippen molar-refractivity contribution < 1.29 is 19.1 Å². The zero-order valence-electron chi connectivity index (χ0n) is 17.8. The molecule has 0 aromatic heterocycles. The van der Waals surface area contributed by atoms with E-state index in [1.54, 1.807) is 50.6 Å². The molecular formula is C24H27ClN2O4. The first-order chi connectivity index (χ1) is 15.0. The largest absolute Gasteiger partial charge is 0.493 e. The summed E-state index contributed by atoms with van der Waals surface area (Å²) < 4.78 is 10.5. The van der Waals surface area contributed by atoms with Gasteiger partial charge in [0.05, 0.1) is 14.2 Å². The van der Waals surface area contributed by atoms with Gasteiger partial charge in [-0.05, 0) is 60.7 Å². The number of nitrogens with one attached hydrogen (secondary N) is 1. The first kappa shape index (κ1) is 22.7. The van der Waals surface area contributed by atoms with Gasteiger partial charge in [0.2, 0.25) is 5.91 Å². The second kappa shape index (κ2) is 10.9. The number of likely N-dealkylation sites (tertiary alicyclic amines) is 1. The molecule has 1 aliphatic rings. The van der Waals surface area contributed by atoms with Gasteiger partial charge in [-0.1, -0.05) is 23.7 Å². The Morgan fingerprint density at radius 3 is 2.52 bits per heavy atom. The molecule has 1 saturated heterocycles. The lowest BCUT2D eigenvalue weighted by Gasteiger charge is -2.31. The van der Waals surface area contributed by atoms with E-state index < -0.39 is 0 Å². The van der Waals surface area contributed by atoms with Gasteiger partial charge in [-0.2, -0.15) is 0 Å². The molecule has 31 heavy (non-hydrogen) atoms. The van der Waals surface area contributed by atoms with Gasteiger partial charge in [-0.15, -0.1) is 0 Å². The van der Waals surface area contributed by atoms with E-state index in [9.17, 15) is 9.59 Å². The molecule has 0 aliphatic carbocycles. The number of rotatable bonds is 7. The molecule has 0 saturated carbocycles. The number of hydrogen-bond acceptors (Lipinski definition) is 4. The molecule has 2 amide bonds. The maximum Gasteiger partial charge on any atom is 0.251 e. The number of hydrogen-bond donors (Lipinski definition) is 1. The number of carbonyl (C=O) groups is 2. The third-order valence-corrected chi connectivity index (χ3v) is 5.63. The molecule has 0 spiro atoms. The van der Waals surface area contributed by atoms with E-state index in [1.807, 2.05) is 23.1 Å². The third-order valence-electron chi connectivity index (χ3n) is 5.39. The minimum Gasteiger partial charge on any atom is -0.493 e. The van der Waals surface area contributed by atoms with Crippen molar-refractivity contribution >= 4 is 29.5 Å². The summed E-state index contributed by atoms with van der Waals surface area (Å²) in [4.78, 5) is 26.8. The van der Waals surface area contributed by atoms with Crippen LogP contribution in [0, 0.1) is 5.92 Å². The zero-order chi connectivity index (χ0) is 22.2. The highest BCUT2D eigenvalue weighted by Crippen LogP contribution is 2.27. The van der Waals surface area contributed by atoms with Gasteiger partial charge in [0.15, 0.2) is 11.5 Å². The molecule has 1 N–H and O–H groups in total. The summed E-state index contributed by atoms with van der Waals surface area (Å²) in [6.07, 6.45) is 5.07. The fourth-order valence-corrected chi connectivity index (χ4v) is 3.76. The smallest absolute Gasteiger partial charge is 0.251 e. The lowest BCUT2D eigenvalue weighted by atomic mass is 9.96. The van der Waals surface area contributed by atoms with Crippen LogP contribution in [-0.4, -0.2) is 50.6 Å². The van der Waals surface area contributed by atoms with E-state index in [-0.39, 0.29) is 11.8 Å². The Labute approximate surface area is 187 Å². The Kier molecular flexibility index (Phi) is 7.95. The van der Waals surface area contributed by atoms with Gasteiger partial charge >= 0.3 is 0 Å². The Morgan fingerprint density at radius 2 is 1.84 bits per heavy atom. The van der Waals surface area contributed by atoms with Crippen molar-refractivity contribution in [2.24, 2.45) is 5.92 Å². The van der Waals surface area contributed by atoms with Gasteiger partial charge in [-0.25, -0.2) is 0 Å². The van der Waals surface area contributed by atoms with Gasteiger partial charge in [0, 0.05) is 36.3 Å². The number of benzene rings is 2. The summed E-state index contributed by atoms with van der Waals surface area (Å²) in [6, 6.07) is 12.5. The van der Waals surface area contributed by atoms with Crippen molar-refractivity contribution in [3.8, 4) is 11.5 Å². The van der Waals surface area contributed by atoms with Crippen molar-refractivity contribution in [2.75, 3.05) is 33.9 Å². The molecule has 0 atom stereocenters. The molecule has 0 radical (unpaired) electrons. The fourth-order valence-electron chi connectivity index (χ4n) is 3.56. The summed E-state index contributed by atoms with van der Waals surface area (Å²) in [5.41, 5.74) is 1.42. The molecule has 1 fully saturated rings. The molecule has 6 nitrogen and oxygen atoms in total. The molecule has 1 heterocycles. The molecular weight excluding hydrogens is 416 g/mol. The van der Waals surface area contributed by atoms with Crippen LogP contribution < -0.4 is 14.8 Å². The molecule has 2 aromatic rings. The average molecular weight is 443 g/mol. The summed E-state index contributed by atoms with van der Waals surface area (Å²) in [7, 11) is 3.10. The molecule has 2 aromatic carbocycles. The fraction of sp³-hybridized carbons (Fsp3) is 0.333. The quantitative estimate of drug-likeness (QED) is 0.657. The van der Waals surface area contributed by atoms with Crippen LogP contribution in [0.3, 0.4) is 0 Å². The second-order valence-corrected chi connectivity index (χ2v) is 7.87. The standard InChI is InChI=1S/C24H27ClN2O4/c1-30-21-8-7-19(15-22(21)31-2)24(29)26-16-18-10-12-27(13-11-18)23(28)9-6-17-4-3-5-20(25)14-17/h3-9,14-15,18H,10-13,16H2,1-2H3,(H,26,29)/b9-6+. The van der Waals surface area contributed by atoms with E-state index >= 15 is 0 Å². The number of ether oxygens (including phenoxy) is 2. The van der Waals surface area contributed by atoms with Crippen LogP contribution >= 0.6 is 11.6 Å². The van der Waals surface area contributed by atoms with Gasteiger partial charge in [0.25, 0.3) is 5.91 Å². The van der Waals surface area contributed by atoms with Crippen LogP contribution in [0.15, 0.2) is 48.5 Å². The van der Waals surface area contributed by atoms with Crippen molar-refractivity contribution in [3.63, 3.8) is 0 Å². The Balaban J connectivity index is 1.45. The first-order valence-corrected chi connectivity index (χ1v) is 10.6. The highest BCUT2D eigenvalue weighted by atomic mass is 35.5. The molecule has 0 bridgehead atoms. The SMILES string of the molecule is COc1ccc(C(=O)NCC2CCN(C(=O)/C=C/c3cccc(Cl)c3)CC2)cc1OC. The number of nitrogens with zero attached hydrogens (tertiary/aromatic N) is 1. The van der Waals surface area contributed by atoms with Crippen LogP contribution in [0.5, 0.6) is 11.5 Å². The van der Waals surface area contributed by atoms with Gasteiger partial charge < -0.3 is 19.7 Å². The highest BCUT2D eigenvalue weighted by Gasteiger charge is 2.22. The number of halogens is 1. The normalized spacial score (nSPS) is 14.5. The topological polar surface area (TPSA) is 67.9 Å². The van der Waals surface area contributed by atoms with E-state index in [1.165, 1.54) is 0 Å². The second-order valence-electron chi connectivity index (χ2n) is 7.44. The van der Waals surface area contributed by atoms with Crippen molar-refractivity contribution in [1.82, 2.24) is 10.2 Å². The number of amides is 2. The minimum atomic E-state index is -0.149. The predicted octanol–water partition coefficient (Wildman–Crippen LogP) is 4.04.